The van der Waals surface area contributed by atoms with E-state index in [1.54, 1.807) is 12.3 Å². The summed E-state index contributed by atoms with van der Waals surface area (Å²) >= 11 is 0. The van der Waals surface area contributed by atoms with Gasteiger partial charge in [-0.05, 0) is 26.1 Å². The van der Waals surface area contributed by atoms with Gasteiger partial charge in [0.1, 0.15) is 6.07 Å². The minimum atomic E-state index is 0.498. The van der Waals surface area contributed by atoms with Gasteiger partial charge in [-0.3, -0.25) is 0 Å². The van der Waals surface area contributed by atoms with Crippen molar-refractivity contribution in [2.75, 3.05) is 44.4 Å². The van der Waals surface area contributed by atoms with Gasteiger partial charge in [-0.15, -0.1) is 0 Å². The lowest BCUT2D eigenvalue weighted by Gasteiger charge is -2.28. The van der Waals surface area contributed by atoms with Crippen molar-refractivity contribution in [3.05, 3.63) is 17.8 Å². The summed E-state index contributed by atoms with van der Waals surface area (Å²) in [5, 5.41) is 8.85. The summed E-state index contributed by atoms with van der Waals surface area (Å²) in [4.78, 5) is 8.65. The third kappa shape index (κ3) is 4.76. The van der Waals surface area contributed by atoms with Crippen LogP contribution < -0.4 is 10.6 Å². The highest BCUT2D eigenvalue weighted by atomic mass is 15.2. The van der Waals surface area contributed by atoms with Gasteiger partial charge in [0.25, 0.3) is 0 Å². The van der Waals surface area contributed by atoms with E-state index in [1.807, 2.05) is 14.1 Å². The first-order valence-corrected chi connectivity index (χ1v) is 6.49. The number of likely N-dealkylation sites (N-methyl/N-ethyl adjacent to an activating group) is 1. The Morgan fingerprint density at radius 3 is 2.53 bits per heavy atom. The van der Waals surface area contributed by atoms with Crippen LogP contribution in [-0.2, 0) is 0 Å². The zero-order valence-electron chi connectivity index (χ0n) is 12.2. The Hall–Kier alpha value is -1.80. The van der Waals surface area contributed by atoms with E-state index in [-0.39, 0.29) is 0 Å². The van der Waals surface area contributed by atoms with Gasteiger partial charge in [0, 0.05) is 25.8 Å². The number of nitrogens with zero attached hydrogens (tertiary/aromatic N) is 4. The van der Waals surface area contributed by atoms with Gasteiger partial charge in [0.2, 0.25) is 0 Å². The summed E-state index contributed by atoms with van der Waals surface area (Å²) in [5.74, 6) is 1.30. The van der Waals surface area contributed by atoms with Gasteiger partial charge in [0.05, 0.1) is 11.3 Å². The van der Waals surface area contributed by atoms with Gasteiger partial charge in [0.15, 0.2) is 5.82 Å². The molecule has 5 nitrogen and oxygen atoms in total. The summed E-state index contributed by atoms with van der Waals surface area (Å²) in [6.07, 6.45) is 1.58. The topological polar surface area (TPSA) is 69.2 Å². The molecule has 0 fully saturated rings. The number of hydrogen-bond donors (Lipinski definition) is 1. The fraction of sp³-hybridized carbons (Fsp3) is 0.571. The quantitative estimate of drug-likeness (QED) is 0.841. The predicted molar refractivity (Wildman–Crippen MR) is 79.0 cm³/mol. The van der Waals surface area contributed by atoms with E-state index in [2.05, 4.69) is 34.7 Å². The van der Waals surface area contributed by atoms with Gasteiger partial charge in [-0.2, -0.15) is 5.26 Å². The Morgan fingerprint density at radius 1 is 1.37 bits per heavy atom. The van der Waals surface area contributed by atoms with Gasteiger partial charge < -0.3 is 15.5 Å². The summed E-state index contributed by atoms with van der Waals surface area (Å²) in [6, 6.07) is 3.74. The van der Waals surface area contributed by atoms with Crippen molar-refractivity contribution in [1.29, 1.82) is 5.26 Å². The highest BCUT2D eigenvalue weighted by molar-refractivity contribution is 5.64. The van der Waals surface area contributed by atoms with E-state index < -0.39 is 0 Å². The Morgan fingerprint density at radius 2 is 2.05 bits per heavy atom. The summed E-state index contributed by atoms with van der Waals surface area (Å²) in [6.45, 7) is 7.05. The molecule has 1 heterocycles. The molecule has 0 aliphatic carbocycles. The van der Waals surface area contributed by atoms with Gasteiger partial charge in [-0.25, -0.2) is 4.98 Å². The number of nitriles is 1. The molecule has 104 valence electrons. The molecule has 0 aliphatic rings. The SMILES string of the molecule is CC(C)CN(CCN(C)C)c1ncc(C#N)cc1N. The lowest BCUT2D eigenvalue weighted by atomic mass is 10.2. The maximum atomic E-state index is 8.85. The molecule has 0 unspecified atom stereocenters. The van der Waals surface area contributed by atoms with Crippen molar-refractivity contribution in [2.24, 2.45) is 5.92 Å². The Kier molecular flexibility index (Phi) is 5.58. The second-order valence-electron chi connectivity index (χ2n) is 5.39. The molecule has 19 heavy (non-hydrogen) atoms. The largest absolute Gasteiger partial charge is 0.396 e. The number of rotatable bonds is 6. The van der Waals surface area contributed by atoms with Gasteiger partial charge >= 0.3 is 0 Å². The van der Waals surface area contributed by atoms with Crippen LogP contribution in [0.25, 0.3) is 0 Å². The van der Waals surface area contributed by atoms with Crippen LogP contribution in [0.15, 0.2) is 12.3 Å². The van der Waals surface area contributed by atoms with E-state index in [0.717, 1.165) is 25.5 Å². The highest BCUT2D eigenvalue weighted by Gasteiger charge is 2.13. The Balaban J connectivity index is 2.93. The Labute approximate surface area is 115 Å². The molecule has 0 saturated heterocycles. The lowest BCUT2D eigenvalue weighted by Crippen LogP contribution is -2.35. The maximum absolute atomic E-state index is 8.85. The van der Waals surface area contributed by atoms with Crippen LogP contribution >= 0.6 is 0 Å². The van der Waals surface area contributed by atoms with Crippen molar-refractivity contribution in [3.8, 4) is 6.07 Å². The molecule has 5 heteroatoms. The Bertz CT molecular complexity index is 448. The van der Waals surface area contributed by atoms with E-state index in [4.69, 9.17) is 11.0 Å². The molecule has 0 saturated carbocycles. The molecule has 2 N–H and O–H groups in total. The van der Waals surface area contributed by atoms with E-state index in [0.29, 0.717) is 17.2 Å². The summed E-state index contributed by atoms with van der Waals surface area (Å²) in [7, 11) is 4.09. The zero-order valence-corrected chi connectivity index (χ0v) is 12.2. The summed E-state index contributed by atoms with van der Waals surface area (Å²) < 4.78 is 0. The van der Waals surface area contributed by atoms with Crippen molar-refractivity contribution in [2.45, 2.75) is 13.8 Å². The summed E-state index contributed by atoms with van der Waals surface area (Å²) in [5.41, 5.74) is 7.08. The van der Waals surface area contributed by atoms with Crippen molar-refractivity contribution in [3.63, 3.8) is 0 Å². The molecular formula is C14H23N5. The van der Waals surface area contributed by atoms with Crippen LogP contribution in [0, 0.1) is 17.2 Å². The average molecular weight is 261 g/mol. The molecule has 0 aromatic carbocycles. The number of pyridine rings is 1. The number of nitrogens with two attached hydrogens (primary N) is 1. The van der Waals surface area contributed by atoms with Crippen molar-refractivity contribution < 1.29 is 0 Å². The number of nitrogen functional groups attached to an aromatic ring is 1. The molecule has 0 amide bonds. The van der Waals surface area contributed by atoms with Crippen LogP contribution in [0.1, 0.15) is 19.4 Å². The van der Waals surface area contributed by atoms with E-state index in [9.17, 15) is 0 Å². The molecule has 0 spiro atoms. The fourth-order valence-corrected chi connectivity index (χ4v) is 1.85. The molecule has 0 radical (unpaired) electrons. The van der Waals surface area contributed by atoms with Crippen LogP contribution in [0.4, 0.5) is 11.5 Å². The third-order valence-electron chi connectivity index (χ3n) is 2.73. The van der Waals surface area contributed by atoms with Crippen LogP contribution in [-0.4, -0.2) is 43.6 Å². The maximum Gasteiger partial charge on any atom is 0.151 e. The molecule has 0 aliphatic heterocycles. The monoisotopic (exact) mass is 261 g/mol. The highest BCUT2D eigenvalue weighted by Crippen LogP contribution is 2.21. The molecule has 1 aromatic rings. The van der Waals surface area contributed by atoms with Crippen LogP contribution in [0.3, 0.4) is 0 Å². The zero-order chi connectivity index (χ0) is 14.4. The number of hydrogen-bond acceptors (Lipinski definition) is 5. The molecule has 0 bridgehead atoms. The minimum Gasteiger partial charge on any atom is -0.396 e. The average Bonchev–Trinajstić information content (AvgIpc) is 2.34. The first-order valence-electron chi connectivity index (χ1n) is 6.49. The second kappa shape index (κ2) is 6.95. The smallest absolute Gasteiger partial charge is 0.151 e. The first kappa shape index (κ1) is 15.3. The number of anilines is 2. The van der Waals surface area contributed by atoms with E-state index in [1.165, 1.54) is 0 Å². The second-order valence-corrected chi connectivity index (χ2v) is 5.39. The van der Waals surface area contributed by atoms with Crippen LogP contribution in [0.5, 0.6) is 0 Å². The normalized spacial score (nSPS) is 10.8. The standard InChI is InChI=1S/C14H23N5/c1-11(2)10-19(6-5-18(3)4)14-13(16)7-12(8-15)9-17-14/h7,9,11H,5-6,10,16H2,1-4H3. The first-order chi connectivity index (χ1) is 8.93. The molecule has 1 rings (SSSR count). The van der Waals surface area contributed by atoms with Gasteiger partial charge in [-0.1, -0.05) is 13.8 Å². The lowest BCUT2D eigenvalue weighted by molar-refractivity contribution is 0.408. The molecule has 0 atom stereocenters. The van der Waals surface area contributed by atoms with E-state index >= 15 is 0 Å². The van der Waals surface area contributed by atoms with Crippen molar-refractivity contribution >= 4 is 11.5 Å². The number of aromatic nitrogens is 1. The fourth-order valence-electron chi connectivity index (χ4n) is 1.85. The molecule has 1 aromatic heterocycles. The minimum absolute atomic E-state index is 0.498. The van der Waals surface area contributed by atoms with Crippen molar-refractivity contribution in [1.82, 2.24) is 9.88 Å². The van der Waals surface area contributed by atoms with Crippen LogP contribution in [0.2, 0.25) is 0 Å². The third-order valence-corrected chi connectivity index (χ3v) is 2.73. The predicted octanol–water partition coefficient (Wildman–Crippen LogP) is 1.56. The molecular weight excluding hydrogens is 238 g/mol.